The number of para-hydroxylation sites is 1. The minimum Gasteiger partial charge on any atom is -0.497 e. The predicted octanol–water partition coefficient (Wildman–Crippen LogP) is 3.45. The molecule has 0 radical (unpaired) electrons. The van der Waals surface area contributed by atoms with E-state index >= 15 is 0 Å². The maximum Gasteiger partial charge on any atom is 0.293 e. The lowest BCUT2D eigenvalue weighted by atomic mass is 10.2. The van der Waals surface area contributed by atoms with Gasteiger partial charge in [-0.05, 0) is 48.5 Å². The van der Waals surface area contributed by atoms with Crippen molar-refractivity contribution in [2.24, 2.45) is 0 Å². The number of nitrogens with zero attached hydrogens (tertiary/aromatic N) is 5. The topological polar surface area (TPSA) is 94.3 Å². The van der Waals surface area contributed by atoms with Crippen LogP contribution in [0.4, 0.5) is 11.6 Å². The molecule has 30 heavy (non-hydrogen) atoms. The highest BCUT2D eigenvalue weighted by Crippen LogP contribution is 2.26. The molecule has 0 aliphatic carbocycles. The number of methoxy groups -OCH3 is 1. The first-order valence-electron chi connectivity index (χ1n) is 9.25. The minimum absolute atomic E-state index is 0.297. The van der Waals surface area contributed by atoms with Crippen molar-refractivity contribution in [2.45, 2.75) is 0 Å². The van der Waals surface area contributed by atoms with Crippen LogP contribution >= 0.6 is 0 Å². The highest BCUT2D eigenvalue weighted by molar-refractivity contribution is 5.93. The molecule has 5 aromatic rings. The summed E-state index contributed by atoms with van der Waals surface area (Å²) >= 11 is 0. The van der Waals surface area contributed by atoms with Crippen molar-refractivity contribution in [3.63, 3.8) is 0 Å². The third-order valence-corrected chi connectivity index (χ3v) is 4.66. The Morgan fingerprint density at radius 1 is 0.933 bits per heavy atom. The van der Waals surface area contributed by atoms with Crippen LogP contribution in [0, 0.1) is 0 Å². The fraction of sp³-hybridized carbons (Fsp3) is 0.0455. The van der Waals surface area contributed by atoms with Gasteiger partial charge in [-0.25, -0.2) is 15.0 Å². The van der Waals surface area contributed by atoms with E-state index in [1.165, 1.54) is 6.20 Å². The number of hydrogen-bond donors (Lipinski definition) is 1. The summed E-state index contributed by atoms with van der Waals surface area (Å²) in [6, 6.07) is 20.2. The molecule has 1 N–H and O–H groups in total. The lowest BCUT2D eigenvalue weighted by Crippen LogP contribution is -2.11. The molecule has 0 aliphatic rings. The van der Waals surface area contributed by atoms with Crippen LogP contribution in [0.2, 0.25) is 0 Å². The molecule has 0 saturated heterocycles. The van der Waals surface area contributed by atoms with Crippen LogP contribution in [0.5, 0.6) is 5.75 Å². The number of aromatic nitrogens is 5. The summed E-state index contributed by atoms with van der Waals surface area (Å²) in [6.07, 6.45) is 1.45. The maximum atomic E-state index is 12.3. The Hall–Kier alpha value is -4.33. The molecular formula is C22H16N6O2. The molecule has 8 nitrogen and oxygen atoms in total. The molecular weight excluding hydrogens is 380 g/mol. The van der Waals surface area contributed by atoms with Crippen LogP contribution in [0.15, 0.2) is 77.7 Å². The van der Waals surface area contributed by atoms with Gasteiger partial charge < -0.3 is 10.1 Å². The van der Waals surface area contributed by atoms with Gasteiger partial charge in [0, 0.05) is 17.1 Å². The number of benzene rings is 2. The number of hydrogen-bond acceptors (Lipinski definition) is 7. The molecule has 0 aliphatic heterocycles. The number of anilines is 2. The molecule has 8 heteroatoms. The Kier molecular flexibility index (Phi) is 4.29. The van der Waals surface area contributed by atoms with Gasteiger partial charge in [-0.3, -0.25) is 4.79 Å². The SMILES string of the molecule is COc1ccc(-c2nc3c4ccccc4nc(Nc4ccccnc4=O)n3n2)cc1. The Bertz CT molecular complexity index is 1430. The second-order valence-electron chi connectivity index (χ2n) is 6.53. The van der Waals surface area contributed by atoms with Crippen molar-refractivity contribution in [3.8, 4) is 17.1 Å². The standard InChI is InChI=1S/C22H16N6O2/c1-30-15-11-9-14(10-12-15)19-26-20-16-6-2-3-7-17(16)24-22(28(20)27-19)25-18-8-4-5-13-23-21(18)29/h2-13H,1H3,(H,23,24,25,29). The van der Waals surface area contributed by atoms with Crippen LogP contribution in [-0.4, -0.2) is 31.7 Å². The average molecular weight is 396 g/mol. The first kappa shape index (κ1) is 17.7. The molecule has 5 rings (SSSR count). The Morgan fingerprint density at radius 2 is 1.73 bits per heavy atom. The van der Waals surface area contributed by atoms with Gasteiger partial charge in [-0.2, -0.15) is 4.52 Å². The van der Waals surface area contributed by atoms with Crippen molar-refractivity contribution in [2.75, 3.05) is 12.4 Å². The van der Waals surface area contributed by atoms with Crippen molar-refractivity contribution in [1.82, 2.24) is 24.6 Å². The van der Waals surface area contributed by atoms with E-state index < -0.39 is 5.56 Å². The highest BCUT2D eigenvalue weighted by atomic mass is 16.5. The molecule has 0 spiro atoms. The van der Waals surface area contributed by atoms with Gasteiger partial charge in [0.1, 0.15) is 11.4 Å². The Morgan fingerprint density at radius 3 is 2.57 bits per heavy atom. The van der Waals surface area contributed by atoms with Gasteiger partial charge >= 0.3 is 0 Å². The quantitative estimate of drug-likeness (QED) is 0.497. The second kappa shape index (κ2) is 7.25. The van der Waals surface area contributed by atoms with Crippen molar-refractivity contribution < 1.29 is 4.74 Å². The fourth-order valence-electron chi connectivity index (χ4n) is 3.17. The lowest BCUT2D eigenvalue weighted by Gasteiger charge is -2.07. The van der Waals surface area contributed by atoms with Crippen molar-refractivity contribution in [1.29, 1.82) is 0 Å². The summed E-state index contributed by atoms with van der Waals surface area (Å²) in [5.74, 6) is 1.67. The molecule has 0 saturated carbocycles. The molecule has 3 heterocycles. The minimum atomic E-state index is -0.390. The van der Waals surface area contributed by atoms with E-state index in [1.807, 2.05) is 48.5 Å². The van der Waals surface area contributed by atoms with E-state index in [9.17, 15) is 4.79 Å². The summed E-state index contributed by atoms with van der Waals surface area (Å²) in [5.41, 5.74) is 2.12. The molecule has 3 aromatic heterocycles. The first-order chi connectivity index (χ1) is 14.7. The molecule has 2 aromatic carbocycles. The summed E-state index contributed by atoms with van der Waals surface area (Å²) < 4.78 is 6.83. The van der Waals surface area contributed by atoms with Gasteiger partial charge in [0.15, 0.2) is 11.5 Å². The van der Waals surface area contributed by atoms with Crippen molar-refractivity contribution >= 4 is 28.2 Å². The molecule has 0 unspecified atom stereocenters. The smallest absolute Gasteiger partial charge is 0.293 e. The lowest BCUT2D eigenvalue weighted by molar-refractivity contribution is 0.415. The predicted molar refractivity (Wildman–Crippen MR) is 114 cm³/mol. The van der Waals surface area contributed by atoms with E-state index in [2.05, 4.69) is 20.4 Å². The summed E-state index contributed by atoms with van der Waals surface area (Å²) in [7, 11) is 1.62. The monoisotopic (exact) mass is 396 g/mol. The van der Waals surface area contributed by atoms with E-state index in [1.54, 1.807) is 29.8 Å². The van der Waals surface area contributed by atoms with E-state index in [0.29, 0.717) is 23.1 Å². The molecule has 0 fully saturated rings. The van der Waals surface area contributed by atoms with Crippen LogP contribution in [-0.2, 0) is 0 Å². The van der Waals surface area contributed by atoms with Crippen LogP contribution in [0.3, 0.4) is 0 Å². The van der Waals surface area contributed by atoms with Crippen LogP contribution < -0.4 is 15.6 Å². The molecule has 0 bridgehead atoms. The Balaban J connectivity index is 1.72. The summed E-state index contributed by atoms with van der Waals surface area (Å²) in [4.78, 5) is 25.5. The number of rotatable bonds is 4. The van der Waals surface area contributed by atoms with Gasteiger partial charge in [0.25, 0.3) is 5.56 Å². The second-order valence-corrected chi connectivity index (χ2v) is 6.53. The van der Waals surface area contributed by atoms with Crippen LogP contribution in [0.1, 0.15) is 0 Å². The van der Waals surface area contributed by atoms with Gasteiger partial charge in [-0.15, -0.1) is 5.10 Å². The number of ether oxygens (including phenoxy) is 1. The van der Waals surface area contributed by atoms with E-state index in [4.69, 9.17) is 9.72 Å². The fourth-order valence-corrected chi connectivity index (χ4v) is 3.17. The third kappa shape index (κ3) is 3.10. The zero-order valence-electron chi connectivity index (χ0n) is 16.0. The molecule has 0 atom stereocenters. The maximum absolute atomic E-state index is 12.3. The van der Waals surface area contributed by atoms with E-state index in [0.717, 1.165) is 22.2 Å². The van der Waals surface area contributed by atoms with E-state index in [-0.39, 0.29) is 0 Å². The largest absolute Gasteiger partial charge is 0.497 e. The summed E-state index contributed by atoms with van der Waals surface area (Å²) in [5, 5.41) is 8.57. The Labute approximate surface area is 170 Å². The highest BCUT2D eigenvalue weighted by Gasteiger charge is 2.15. The summed E-state index contributed by atoms with van der Waals surface area (Å²) in [6.45, 7) is 0. The van der Waals surface area contributed by atoms with Crippen molar-refractivity contribution in [3.05, 3.63) is 83.3 Å². The average Bonchev–Trinajstić information content (AvgIpc) is 3.14. The molecule has 146 valence electrons. The third-order valence-electron chi connectivity index (χ3n) is 4.66. The number of nitrogens with one attached hydrogen (secondary N) is 1. The van der Waals surface area contributed by atoms with Gasteiger partial charge in [-0.1, -0.05) is 18.2 Å². The van der Waals surface area contributed by atoms with Gasteiger partial charge in [0.05, 0.1) is 12.6 Å². The normalized spacial score (nSPS) is 11.0. The first-order valence-corrected chi connectivity index (χ1v) is 9.25. The zero-order valence-corrected chi connectivity index (χ0v) is 16.0. The molecule has 0 amide bonds. The zero-order chi connectivity index (χ0) is 20.5. The van der Waals surface area contributed by atoms with Gasteiger partial charge in [0.2, 0.25) is 5.95 Å². The van der Waals surface area contributed by atoms with Crippen LogP contribution in [0.25, 0.3) is 27.9 Å². The number of fused-ring (bicyclic) bond motifs is 3.